The molecule has 0 aliphatic rings. The zero-order chi connectivity index (χ0) is 23.8. The van der Waals surface area contributed by atoms with Crippen molar-refractivity contribution in [1.29, 1.82) is 0 Å². The van der Waals surface area contributed by atoms with Gasteiger partial charge in [0.2, 0.25) is 0 Å². The van der Waals surface area contributed by atoms with Gasteiger partial charge in [-0.25, -0.2) is 0 Å². The van der Waals surface area contributed by atoms with Gasteiger partial charge in [-0.15, -0.1) is 0 Å². The molecule has 0 amide bonds. The molecule has 0 aliphatic heterocycles. The van der Waals surface area contributed by atoms with E-state index in [0.717, 1.165) is 25.9 Å². The van der Waals surface area contributed by atoms with Gasteiger partial charge >= 0.3 is 0 Å². The van der Waals surface area contributed by atoms with Crippen LogP contribution in [-0.4, -0.2) is 0 Å². The Bertz CT molecular complexity index is 855. The third-order valence-electron chi connectivity index (χ3n) is 6.64. The van der Waals surface area contributed by atoms with E-state index in [4.69, 9.17) is 0 Å². The van der Waals surface area contributed by atoms with Crippen molar-refractivity contribution in [3.05, 3.63) is 95.1 Å². The smallest absolute Gasteiger partial charge is 0.0400 e. The molecule has 2 heteroatoms. The normalized spacial score (nSPS) is 10.9. The fraction of sp³-hybridized carbons (Fsp3) is 0.438. The summed E-state index contributed by atoms with van der Waals surface area (Å²) >= 11 is 0. The van der Waals surface area contributed by atoms with Crippen LogP contribution in [0.3, 0.4) is 0 Å². The lowest BCUT2D eigenvalue weighted by molar-refractivity contribution is 0.651. The van der Waals surface area contributed by atoms with Gasteiger partial charge in [0.25, 0.3) is 0 Å². The molecule has 0 radical (unpaired) electrons. The molecule has 3 aromatic rings. The first-order valence-corrected chi connectivity index (χ1v) is 13.5. The van der Waals surface area contributed by atoms with Gasteiger partial charge in [-0.2, -0.15) is 0 Å². The van der Waals surface area contributed by atoms with Gasteiger partial charge < -0.3 is 10.6 Å². The molecule has 3 rings (SSSR count). The summed E-state index contributed by atoms with van der Waals surface area (Å²) in [6.45, 7) is 6.32. The van der Waals surface area contributed by atoms with E-state index in [0.29, 0.717) is 0 Å². The van der Waals surface area contributed by atoms with Crippen LogP contribution in [0.25, 0.3) is 0 Å². The summed E-state index contributed by atoms with van der Waals surface area (Å²) in [7, 11) is 0. The Hall–Kier alpha value is -2.74. The lowest BCUT2D eigenvalue weighted by Gasteiger charge is -2.21. The highest BCUT2D eigenvalue weighted by atomic mass is 14.9. The quantitative estimate of drug-likeness (QED) is 0.210. The van der Waals surface area contributed by atoms with E-state index in [-0.39, 0.29) is 0 Å². The first kappa shape index (κ1) is 25.9. The van der Waals surface area contributed by atoms with E-state index in [1.54, 1.807) is 0 Å². The van der Waals surface area contributed by atoms with Gasteiger partial charge in [-0.1, -0.05) is 113 Å². The average Bonchev–Trinajstić information content (AvgIpc) is 2.89. The fourth-order valence-electron chi connectivity index (χ4n) is 4.64. The topological polar surface area (TPSA) is 24.1 Å². The Labute approximate surface area is 208 Å². The van der Waals surface area contributed by atoms with Gasteiger partial charge in [0, 0.05) is 24.5 Å². The number of anilines is 2. The van der Waals surface area contributed by atoms with Crippen molar-refractivity contribution in [3.8, 4) is 0 Å². The molecule has 0 fully saturated rings. The molecule has 34 heavy (non-hydrogen) atoms. The Kier molecular flexibility index (Phi) is 11.6. The van der Waals surface area contributed by atoms with Crippen LogP contribution in [0, 0.1) is 0 Å². The van der Waals surface area contributed by atoms with E-state index in [1.807, 2.05) is 0 Å². The highest BCUT2D eigenvalue weighted by Gasteiger charge is 2.14. The predicted octanol–water partition coefficient (Wildman–Crippen LogP) is 9.16. The van der Waals surface area contributed by atoms with Gasteiger partial charge in [0.1, 0.15) is 0 Å². The Balaban J connectivity index is 1.84. The average molecular weight is 457 g/mol. The molecule has 0 saturated heterocycles. The molecule has 0 spiro atoms. The van der Waals surface area contributed by atoms with Gasteiger partial charge in [-0.05, 0) is 60.1 Å². The molecule has 0 atom stereocenters. The van der Waals surface area contributed by atoms with Gasteiger partial charge in [-0.3, -0.25) is 0 Å². The maximum atomic E-state index is 3.79. The fourth-order valence-corrected chi connectivity index (χ4v) is 4.64. The third-order valence-corrected chi connectivity index (χ3v) is 6.64. The van der Waals surface area contributed by atoms with Crippen LogP contribution in [0.5, 0.6) is 0 Å². The predicted molar refractivity (Wildman–Crippen MR) is 150 cm³/mol. The standard InChI is InChI=1S/C32H44N2/c1-3-5-7-15-21-29-30(22-16-8-6-4-2)32(34-26-28-19-13-10-14-20-28)24-23-31(29)33-25-27-17-11-9-12-18-27/h9-14,17-20,23-24,33-34H,3-8,15-16,21-22,25-26H2,1-2H3. The molecule has 0 aromatic heterocycles. The molecular formula is C32H44N2. The monoisotopic (exact) mass is 456 g/mol. The lowest BCUT2D eigenvalue weighted by Crippen LogP contribution is -2.10. The number of nitrogens with one attached hydrogen (secondary N) is 2. The van der Waals surface area contributed by atoms with Crippen molar-refractivity contribution in [2.45, 2.75) is 91.1 Å². The van der Waals surface area contributed by atoms with E-state index < -0.39 is 0 Å². The highest BCUT2D eigenvalue weighted by molar-refractivity contribution is 5.66. The summed E-state index contributed by atoms with van der Waals surface area (Å²) in [5, 5.41) is 7.57. The molecule has 2 N–H and O–H groups in total. The Morgan fingerprint density at radius 2 is 0.882 bits per heavy atom. The largest absolute Gasteiger partial charge is 0.381 e. The molecule has 182 valence electrons. The SMILES string of the molecule is CCCCCCc1c(NCc2ccccc2)ccc(NCc2ccccc2)c1CCCCCC. The molecule has 3 aromatic carbocycles. The molecule has 0 unspecified atom stereocenters. The third kappa shape index (κ3) is 8.56. The Morgan fingerprint density at radius 3 is 1.26 bits per heavy atom. The van der Waals surface area contributed by atoms with E-state index in [9.17, 15) is 0 Å². The van der Waals surface area contributed by atoms with Gasteiger partial charge in [0.15, 0.2) is 0 Å². The molecule has 2 nitrogen and oxygen atoms in total. The van der Waals surface area contributed by atoms with Crippen LogP contribution >= 0.6 is 0 Å². The molecule has 0 heterocycles. The molecular weight excluding hydrogens is 412 g/mol. The van der Waals surface area contributed by atoms with Crippen molar-refractivity contribution in [3.63, 3.8) is 0 Å². The minimum atomic E-state index is 0.870. The van der Waals surface area contributed by atoms with E-state index >= 15 is 0 Å². The van der Waals surface area contributed by atoms with Crippen molar-refractivity contribution in [2.24, 2.45) is 0 Å². The number of benzene rings is 3. The molecule has 0 bridgehead atoms. The second-order valence-electron chi connectivity index (χ2n) is 9.42. The second kappa shape index (κ2) is 15.2. The summed E-state index contributed by atoms with van der Waals surface area (Å²) in [5.41, 5.74) is 8.35. The zero-order valence-electron chi connectivity index (χ0n) is 21.4. The number of unbranched alkanes of at least 4 members (excludes halogenated alkanes) is 6. The first-order valence-electron chi connectivity index (χ1n) is 13.5. The molecule has 0 aliphatic carbocycles. The zero-order valence-corrected chi connectivity index (χ0v) is 21.4. The van der Waals surface area contributed by atoms with Crippen molar-refractivity contribution < 1.29 is 0 Å². The maximum Gasteiger partial charge on any atom is 0.0400 e. The number of hydrogen-bond donors (Lipinski definition) is 2. The lowest BCUT2D eigenvalue weighted by atomic mass is 9.93. The van der Waals surface area contributed by atoms with Crippen LogP contribution in [0.15, 0.2) is 72.8 Å². The van der Waals surface area contributed by atoms with Crippen LogP contribution in [0.2, 0.25) is 0 Å². The summed E-state index contributed by atoms with van der Waals surface area (Å²) in [5.74, 6) is 0. The van der Waals surface area contributed by atoms with Crippen molar-refractivity contribution in [1.82, 2.24) is 0 Å². The maximum absolute atomic E-state index is 3.79. The number of rotatable bonds is 16. The van der Waals surface area contributed by atoms with Crippen LogP contribution in [-0.2, 0) is 25.9 Å². The van der Waals surface area contributed by atoms with Crippen LogP contribution < -0.4 is 10.6 Å². The first-order chi connectivity index (χ1) is 16.8. The van der Waals surface area contributed by atoms with Crippen LogP contribution in [0.4, 0.5) is 11.4 Å². The summed E-state index contributed by atoms with van der Waals surface area (Å²) in [4.78, 5) is 0. The summed E-state index contributed by atoms with van der Waals surface area (Å²) < 4.78 is 0. The van der Waals surface area contributed by atoms with Crippen LogP contribution in [0.1, 0.15) is 87.5 Å². The van der Waals surface area contributed by atoms with Crippen molar-refractivity contribution in [2.75, 3.05) is 10.6 Å². The number of hydrogen-bond acceptors (Lipinski definition) is 2. The van der Waals surface area contributed by atoms with Crippen molar-refractivity contribution >= 4 is 11.4 Å². The minimum Gasteiger partial charge on any atom is -0.381 e. The molecule has 0 saturated carbocycles. The Morgan fingerprint density at radius 1 is 0.471 bits per heavy atom. The second-order valence-corrected chi connectivity index (χ2v) is 9.42. The summed E-state index contributed by atoms with van der Waals surface area (Å²) in [6, 6.07) is 26.1. The highest BCUT2D eigenvalue weighted by Crippen LogP contribution is 2.32. The van der Waals surface area contributed by atoms with E-state index in [1.165, 1.54) is 85.0 Å². The van der Waals surface area contributed by atoms with Gasteiger partial charge in [0.05, 0.1) is 0 Å². The summed E-state index contributed by atoms with van der Waals surface area (Å²) in [6.07, 6.45) is 12.7. The minimum absolute atomic E-state index is 0.870. The van der Waals surface area contributed by atoms with E-state index in [2.05, 4.69) is 97.3 Å².